The first-order valence-corrected chi connectivity index (χ1v) is 10.0. The molecule has 4 rings (SSSR count). The quantitative estimate of drug-likeness (QED) is 0.827. The van der Waals surface area contributed by atoms with Gasteiger partial charge in [-0.25, -0.2) is 9.97 Å². The molecule has 1 unspecified atom stereocenters. The van der Waals surface area contributed by atoms with Crippen molar-refractivity contribution in [2.75, 3.05) is 31.1 Å². The van der Waals surface area contributed by atoms with Crippen molar-refractivity contribution in [2.45, 2.75) is 25.3 Å². The fourth-order valence-electron chi connectivity index (χ4n) is 3.39. The lowest BCUT2D eigenvalue weighted by atomic mass is 10.3. The van der Waals surface area contributed by atoms with Gasteiger partial charge in [-0.05, 0) is 37.5 Å². The summed E-state index contributed by atoms with van der Waals surface area (Å²) in [5.41, 5.74) is 1.77. The number of aromatic amines is 1. The van der Waals surface area contributed by atoms with Crippen LogP contribution in [0.2, 0.25) is 0 Å². The SMILES string of the molecule is O=S(=O)(NC1CCN(c2nccc(-c3ccc[nH]3)n2)C1)N1CCCC1. The maximum atomic E-state index is 12.4. The summed E-state index contributed by atoms with van der Waals surface area (Å²) in [6.45, 7) is 2.56. The highest BCUT2D eigenvalue weighted by Crippen LogP contribution is 2.21. The molecule has 0 saturated carbocycles. The zero-order valence-corrected chi connectivity index (χ0v) is 14.7. The fraction of sp³-hybridized carbons (Fsp3) is 0.500. The van der Waals surface area contributed by atoms with Gasteiger partial charge in [-0.15, -0.1) is 0 Å². The number of rotatable bonds is 5. The molecule has 8 nitrogen and oxygen atoms in total. The van der Waals surface area contributed by atoms with E-state index in [0.717, 1.165) is 37.2 Å². The lowest BCUT2D eigenvalue weighted by Crippen LogP contribution is -2.45. The third kappa shape index (κ3) is 3.53. The first-order chi connectivity index (χ1) is 12.1. The number of nitrogens with one attached hydrogen (secondary N) is 2. The van der Waals surface area contributed by atoms with Crippen molar-refractivity contribution >= 4 is 16.2 Å². The van der Waals surface area contributed by atoms with Gasteiger partial charge in [0.25, 0.3) is 10.2 Å². The van der Waals surface area contributed by atoms with E-state index >= 15 is 0 Å². The van der Waals surface area contributed by atoms with Gasteiger partial charge in [0.05, 0.1) is 11.4 Å². The van der Waals surface area contributed by atoms with Gasteiger partial charge < -0.3 is 9.88 Å². The fourth-order valence-corrected chi connectivity index (χ4v) is 4.89. The van der Waals surface area contributed by atoms with Gasteiger partial charge in [-0.3, -0.25) is 0 Å². The number of H-pyrrole nitrogens is 1. The molecular formula is C16H22N6O2S. The summed E-state index contributed by atoms with van der Waals surface area (Å²) in [6.07, 6.45) is 6.23. The third-order valence-electron chi connectivity index (χ3n) is 4.71. The van der Waals surface area contributed by atoms with Crippen LogP contribution < -0.4 is 9.62 Å². The van der Waals surface area contributed by atoms with Gasteiger partial charge in [0.2, 0.25) is 5.95 Å². The third-order valence-corrected chi connectivity index (χ3v) is 6.38. The number of anilines is 1. The van der Waals surface area contributed by atoms with E-state index in [1.54, 1.807) is 6.20 Å². The lowest BCUT2D eigenvalue weighted by Gasteiger charge is -2.20. The van der Waals surface area contributed by atoms with Crippen LogP contribution in [-0.4, -0.2) is 59.9 Å². The predicted molar refractivity (Wildman–Crippen MR) is 95.3 cm³/mol. The van der Waals surface area contributed by atoms with E-state index in [1.807, 2.05) is 29.3 Å². The first-order valence-electron chi connectivity index (χ1n) is 8.61. The van der Waals surface area contributed by atoms with Crippen molar-refractivity contribution in [1.29, 1.82) is 0 Å². The summed E-state index contributed by atoms with van der Waals surface area (Å²) in [7, 11) is -3.38. The molecule has 0 aromatic carbocycles. The minimum Gasteiger partial charge on any atom is -0.360 e. The second-order valence-corrected chi connectivity index (χ2v) is 8.19. The molecule has 2 aliphatic rings. The minimum atomic E-state index is -3.38. The number of hydrogen-bond donors (Lipinski definition) is 2. The van der Waals surface area contributed by atoms with Crippen LogP contribution in [0.5, 0.6) is 0 Å². The van der Waals surface area contributed by atoms with Crippen LogP contribution in [0.4, 0.5) is 5.95 Å². The molecule has 0 amide bonds. The van der Waals surface area contributed by atoms with Crippen LogP contribution in [0.1, 0.15) is 19.3 Å². The molecule has 2 N–H and O–H groups in total. The van der Waals surface area contributed by atoms with Crippen LogP contribution in [0, 0.1) is 0 Å². The molecule has 25 heavy (non-hydrogen) atoms. The molecule has 2 fully saturated rings. The summed E-state index contributed by atoms with van der Waals surface area (Å²) in [6, 6.07) is 5.64. The summed E-state index contributed by atoms with van der Waals surface area (Å²) >= 11 is 0. The normalized spacial score (nSPS) is 21.9. The standard InChI is InChI=1S/C16H22N6O2S/c23-25(24,22-9-1-2-10-22)20-13-6-11-21(12-13)16-18-8-5-15(19-16)14-4-3-7-17-14/h3-5,7-8,13,17,20H,1-2,6,9-12H2. The van der Waals surface area contributed by atoms with E-state index in [4.69, 9.17) is 0 Å². The molecule has 0 bridgehead atoms. The Hall–Kier alpha value is -1.97. The van der Waals surface area contributed by atoms with Crippen LogP contribution >= 0.6 is 0 Å². The van der Waals surface area contributed by atoms with E-state index < -0.39 is 10.2 Å². The Bertz CT molecular complexity index is 817. The molecule has 2 aromatic rings. The number of nitrogens with zero attached hydrogens (tertiary/aromatic N) is 4. The molecule has 2 aliphatic heterocycles. The first kappa shape index (κ1) is 16.5. The minimum absolute atomic E-state index is 0.108. The summed E-state index contributed by atoms with van der Waals surface area (Å²) < 4.78 is 29.2. The largest absolute Gasteiger partial charge is 0.360 e. The maximum absolute atomic E-state index is 12.4. The number of aromatic nitrogens is 3. The summed E-state index contributed by atoms with van der Waals surface area (Å²) in [5, 5.41) is 0. The van der Waals surface area contributed by atoms with Crippen molar-refractivity contribution in [3.05, 3.63) is 30.6 Å². The molecule has 1 atom stereocenters. The molecule has 0 radical (unpaired) electrons. The van der Waals surface area contributed by atoms with Gasteiger partial charge in [0.15, 0.2) is 0 Å². The zero-order chi connectivity index (χ0) is 17.3. The van der Waals surface area contributed by atoms with Crippen molar-refractivity contribution in [3.8, 4) is 11.4 Å². The second kappa shape index (κ2) is 6.74. The molecule has 0 aliphatic carbocycles. The van der Waals surface area contributed by atoms with Gasteiger partial charge in [0.1, 0.15) is 0 Å². The summed E-state index contributed by atoms with van der Waals surface area (Å²) in [4.78, 5) is 14.1. The Labute approximate surface area is 147 Å². The van der Waals surface area contributed by atoms with Gasteiger partial charge in [0, 0.05) is 44.6 Å². The van der Waals surface area contributed by atoms with Crippen molar-refractivity contribution in [2.24, 2.45) is 0 Å². The van der Waals surface area contributed by atoms with Gasteiger partial charge in [-0.2, -0.15) is 17.4 Å². The number of hydrogen-bond acceptors (Lipinski definition) is 5. The molecule has 2 aromatic heterocycles. The van der Waals surface area contributed by atoms with E-state index in [-0.39, 0.29) is 6.04 Å². The predicted octanol–water partition coefficient (Wildman–Crippen LogP) is 0.981. The topological polar surface area (TPSA) is 94.2 Å². The van der Waals surface area contributed by atoms with Crippen molar-refractivity contribution in [3.63, 3.8) is 0 Å². The van der Waals surface area contributed by atoms with Gasteiger partial charge >= 0.3 is 0 Å². The van der Waals surface area contributed by atoms with E-state index in [1.165, 1.54) is 4.31 Å². The second-order valence-electron chi connectivity index (χ2n) is 6.49. The molecule has 2 saturated heterocycles. The Morgan fingerprint density at radius 2 is 2.04 bits per heavy atom. The van der Waals surface area contributed by atoms with Crippen LogP contribution in [0.25, 0.3) is 11.4 Å². The molecule has 134 valence electrons. The lowest BCUT2D eigenvalue weighted by molar-refractivity contribution is 0.455. The molecular weight excluding hydrogens is 340 g/mol. The Morgan fingerprint density at radius 1 is 1.20 bits per heavy atom. The highest BCUT2D eigenvalue weighted by molar-refractivity contribution is 7.87. The van der Waals surface area contributed by atoms with Crippen molar-refractivity contribution in [1.82, 2.24) is 24.0 Å². The van der Waals surface area contributed by atoms with E-state index in [2.05, 4.69) is 19.7 Å². The molecule has 9 heteroatoms. The Kier molecular flexibility index (Phi) is 4.45. The average molecular weight is 362 g/mol. The van der Waals surface area contributed by atoms with Crippen LogP contribution in [-0.2, 0) is 10.2 Å². The summed E-state index contributed by atoms with van der Waals surface area (Å²) in [5.74, 6) is 0.634. The zero-order valence-electron chi connectivity index (χ0n) is 13.9. The van der Waals surface area contributed by atoms with E-state index in [9.17, 15) is 8.42 Å². The highest BCUT2D eigenvalue weighted by atomic mass is 32.2. The molecule has 0 spiro atoms. The van der Waals surface area contributed by atoms with Crippen LogP contribution in [0.3, 0.4) is 0 Å². The average Bonchev–Trinajstić information content (AvgIpc) is 3.36. The van der Waals surface area contributed by atoms with Gasteiger partial charge in [-0.1, -0.05) is 0 Å². The highest BCUT2D eigenvalue weighted by Gasteiger charge is 2.32. The monoisotopic (exact) mass is 362 g/mol. The molecule has 4 heterocycles. The Balaban J connectivity index is 1.43. The van der Waals surface area contributed by atoms with E-state index in [0.29, 0.717) is 25.6 Å². The Morgan fingerprint density at radius 3 is 2.80 bits per heavy atom. The van der Waals surface area contributed by atoms with Crippen molar-refractivity contribution < 1.29 is 8.42 Å². The van der Waals surface area contributed by atoms with Crippen LogP contribution in [0.15, 0.2) is 30.6 Å². The smallest absolute Gasteiger partial charge is 0.279 e. The maximum Gasteiger partial charge on any atom is 0.279 e.